The molecular weight excluding hydrogens is 296 g/mol. The lowest BCUT2D eigenvalue weighted by molar-refractivity contribution is -0.126. The van der Waals surface area contributed by atoms with Crippen LogP contribution in [0.5, 0.6) is 0 Å². The summed E-state index contributed by atoms with van der Waals surface area (Å²) < 4.78 is 5.13. The molecule has 1 aromatic rings. The fourth-order valence-corrected chi connectivity index (χ4v) is 1.92. The summed E-state index contributed by atoms with van der Waals surface area (Å²) in [6.07, 6.45) is 0.0500. The van der Waals surface area contributed by atoms with Crippen LogP contribution in [0.3, 0.4) is 0 Å². The Bertz CT molecular complexity index is 531. The average Bonchev–Trinajstić information content (AvgIpc) is 2.55. The van der Waals surface area contributed by atoms with Gasteiger partial charge in [0.25, 0.3) is 0 Å². The number of amides is 2. The molecule has 0 spiro atoms. The van der Waals surface area contributed by atoms with Crippen LogP contribution in [-0.4, -0.2) is 30.4 Å². The molecule has 2 amide bonds. The normalized spacial score (nSPS) is 12.8. The number of ether oxygens (including phenoxy) is 1. The highest BCUT2D eigenvalue weighted by Gasteiger charge is 2.26. The molecule has 0 unspecified atom stereocenters. The van der Waals surface area contributed by atoms with Gasteiger partial charge in [-0.3, -0.25) is 9.59 Å². The maximum Gasteiger partial charge on any atom is 0.408 e. The molecule has 2 atom stereocenters. The van der Waals surface area contributed by atoms with Gasteiger partial charge in [0.1, 0.15) is 18.4 Å². The summed E-state index contributed by atoms with van der Waals surface area (Å²) in [6, 6.07) is 8.55. The smallest absolute Gasteiger partial charge is 0.408 e. The van der Waals surface area contributed by atoms with Crippen LogP contribution in [-0.2, 0) is 20.9 Å². The van der Waals surface area contributed by atoms with Crippen LogP contribution in [0.2, 0.25) is 0 Å². The SMILES string of the molecule is CC[C@H](C)[C@H](NC(=O)OCc1ccccc1)C(=O)NCC(C)=O. The Morgan fingerprint density at radius 3 is 2.39 bits per heavy atom. The first kappa shape index (κ1) is 18.7. The predicted molar refractivity (Wildman–Crippen MR) is 86.7 cm³/mol. The van der Waals surface area contributed by atoms with E-state index in [1.54, 1.807) is 0 Å². The van der Waals surface area contributed by atoms with Gasteiger partial charge in [0.2, 0.25) is 5.91 Å². The number of ketones is 1. The van der Waals surface area contributed by atoms with Gasteiger partial charge in [-0.15, -0.1) is 0 Å². The highest BCUT2D eigenvalue weighted by molar-refractivity contribution is 5.89. The first-order valence-electron chi connectivity index (χ1n) is 7.68. The minimum absolute atomic E-state index is 0.0491. The molecule has 1 aromatic carbocycles. The summed E-state index contributed by atoms with van der Waals surface area (Å²) in [7, 11) is 0. The number of nitrogens with one attached hydrogen (secondary N) is 2. The second kappa shape index (κ2) is 9.61. The zero-order chi connectivity index (χ0) is 17.2. The fourth-order valence-electron chi connectivity index (χ4n) is 1.92. The standard InChI is InChI=1S/C17H24N2O4/c1-4-12(2)15(16(21)18-10-13(3)20)19-17(22)23-11-14-8-6-5-7-9-14/h5-9,12,15H,4,10-11H2,1-3H3,(H,18,21)(H,19,22)/t12-,15-/m0/s1. The second-order valence-corrected chi connectivity index (χ2v) is 5.49. The van der Waals surface area contributed by atoms with E-state index in [0.29, 0.717) is 6.42 Å². The van der Waals surface area contributed by atoms with Crippen LogP contribution < -0.4 is 10.6 Å². The number of benzene rings is 1. The van der Waals surface area contributed by atoms with Gasteiger partial charge in [-0.2, -0.15) is 0 Å². The van der Waals surface area contributed by atoms with E-state index in [-0.39, 0.29) is 30.8 Å². The Labute approximate surface area is 136 Å². The van der Waals surface area contributed by atoms with Gasteiger partial charge >= 0.3 is 6.09 Å². The van der Waals surface area contributed by atoms with Gasteiger partial charge in [-0.1, -0.05) is 50.6 Å². The summed E-state index contributed by atoms with van der Waals surface area (Å²) >= 11 is 0. The molecule has 6 nitrogen and oxygen atoms in total. The lowest BCUT2D eigenvalue weighted by atomic mass is 9.98. The Hall–Kier alpha value is -2.37. The summed E-state index contributed by atoms with van der Waals surface area (Å²) in [5, 5.41) is 5.09. The minimum atomic E-state index is -0.734. The van der Waals surface area contributed by atoms with Crippen LogP contribution in [0.15, 0.2) is 30.3 Å². The minimum Gasteiger partial charge on any atom is -0.445 e. The van der Waals surface area contributed by atoms with Crippen molar-refractivity contribution in [3.05, 3.63) is 35.9 Å². The van der Waals surface area contributed by atoms with E-state index in [2.05, 4.69) is 10.6 Å². The summed E-state index contributed by atoms with van der Waals surface area (Å²) in [6.45, 7) is 5.25. The fraction of sp³-hybridized carbons (Fsp3) is 0.471. The highest BCUT2D eigenvalue weighted by atomic mass is 16.5. The molecular formula is C17H24N2O4. The number of carbonyl (C=O) groups excluding carboxylic acids is 3. The van der Waals surface area contributed by atoms with Gasteiger partial charge < -0.3 is 15.4 Å². The lowest BCUT2D eigenvalue weighted by Gasteiger charge is -2.23. The molecule has 23 heavy (non-hydrogen) atoms. The van der Waals surface area contributed by atoms with Crippen LogP contribution in [0, 0.1) is 5.92 Å². The monoisotopic (exact) mass is 320 g/mol. The first-order valence-corrected chi connectivity index (χ1v) is 7.68. The van der Waals surface area contributed by atoms with E-state index in [1.165, 1.54) is 6.92 Å². The summed E-state index contributed by atoms with van der Waals surface area (Å²) in [4.78, 5) is 35.0. The van der Waals surface area contributed by atoms with Crippen molar-refractivity contribution < 1.29 is 19.1 Å². The van der Waals surface area contributed by atoms with E-state index in [4.69, 9.17) is 4.74 Å². The maximum absolute atomic E-state index is 12.1. The van der Waals surface area contributed by atoms with E-state index in [9.17, 15) is 14.4 Å². The van der Waals surface area contributed by atoms with E-state index < -0.39 is 12.1 Å². The van der Waals surface area contributed by atoms with Crippen LogP contribution in [0.4, 0.5) is 4.79 Å². The van der Waals surface area contributed by atoms with Gasteiger partial charge in [0, 0.05) is 0 Å². The molecule has 0 aromatic heterocycles. The number of carbonyl (C=O) groups is 3. The first-order chi connectivity index (χ1) is 10.9. The molecule has 0 aliphatic rings. The third kappa shape index (κ3) is 6.95. The number of alkyl carbamates (subject to hydrolysis) is 1. The lowest BCUT2D eigenvalue weighted by Crippen LogP contribution is -2.51. The van der Waals surface area contributed by atoms with Crippen LogP contribution in [0.1, 0.15) is 32.8 Å². The van der Waals surface area contributed by atoms with Crippen molar-refractivity contribution in [2.75, 3.05) is 6.54 Å². The maximum atomic E-state index is 12.1. The van der Waals surface area contributed by atoms with Crippen molar-refractivity contribution in [3.63, 3.8) is 0 Å². The molecule has 6 heteroatoms. The number of Topliss-reactive ketones (excluding diaryl/α,β-unsaturated/α-hetero) is 1. The number of hydrogen-bond donors (Lipinski definition) is 2. The largest absolute Gasteiger partial charge is 0.445 e. The number of rotatable bonds is 8. The van der Waals surface area contributed by atoms with E-state index >= 15 is 0 Å². The van der Waals surface area contributed by atoms with Crippen molar-refractivity contribution in [1.29, 1.82) is 0 Å². The van der Waals surface area contributed by atoms with Crippen LogP contribution >= 0.6 is 0 Å². The molecule has 0 aliphatic heterocycles. The molecule has 126 valence electrons. The molecule has 0 fully saturated rings. The molecule has 0 saturated carbocycles. The third-order valence-electron chi connectivity index (χ3n) is 3.49. The van der Waals surface area contributed by atoms with Crippen LogP contribution in [0.25, 0.3) is 0 Å². The van der Waals surface area contributed by atoms with Gasteiger partial charge in [-0.05, 0) is 18.4 Å². The average molecular weight is 320 g/mol. The highest BCUT2D eigenvalue weighted by Crippen LogP contribution is 2.09. The van der Waals surface area contributed by atoms with E-state index in [1.807, 2.05) is 44.2 Å². The van der Waals surface area contributed by atoms with Crippen molar-refractivity contribution in [2.45, 2.75) is 39.8 Å². The second-order valence-electron chi connectivity index (χ2n) is 5.49. The van der Waals surface area contributed by atoms with E-state index in [0.717, 1.165) is 5.56 Å². The summed E-state index contributed by atoms with van der Waals surface area (Å²) in [5.74, 6) is -0.606. The predicted octanol–water partition coefficient (Wildman–Crippen LogP) is 2.03. The van der Waals surface area contributed by atoms with Gasteiger partial charge in [0.05, 0.1) is 6.54 Å². The molecule has 0 heterocycles. The van der Waals surface area contributed by atoms with Crippen molar-refractivity contribution in [1.82, 2.24) is 10.6 Å². The van der Waals surface area contributed by atoms with Crippen molar-refractivity contribution >= 4 is 17.8 Å². The van der Waals surface area contributed by atoms with Gasteiger partial charge in [0.15, 0.2) is 0 Å². The molecule has 0 radical (unpaired) electrons. The molecule has 1 rings (SSSR count). The molecule has 0 aliphatic carbocycles. The molecule has 0 saturated heterocycles. The van der Waals surface area contributed by atoms with Gasteiger partial charge in [-0.25, -0.2) is 4.79 Å². The Morgan fingerprint density at radius 1 is 1.17 bits per heavy atom. The number of hydrogen-bond acceptors (Lipinski definition) is 4. The molecule has 2 N–H and O–H groups in total. The Morgan fingerprint density at radius 2 is 1.83 bits per heavy atom. The Kier molecular flexibility index (Phi) is 7.80. The molecule has 0 bridgehead atoms. The third-order valence-corrected chi connectivity index (χ3v) is 3.49. The van der Waals surface area contributed by atoms with Crippen molar-refractivity contribution in [2.24, 2.45) is 5.92 Å². The zero-order valence-corrected chi connectivity index (χ0v) is 13.8. The summed E-state index contributed by atoms with van der Waals surface area (Å²) in [5.41, 5.74) is 0.865. The van der Waals surface area contributed by atoms with Crippen molar-refractivity contribution in [3.8, 4) is 0 Å². The Balaban J connectivity index is 2.56. The zero-order valence-electron chi connectivity index (χ0n) is 13.8. The quantitative estimate of drug-likeness (QED) is 0.767. The topological polar surface area (TPSA) is 84.5 Å².